The number of aryl methyl sites for hydroxylation is 1. The highest BCUT2D eigenvalue weighted by Crippen LogP contribution is 2.34. The van der Waals surface area contributed by atoms with Gasteiger partial charge < -0.3 is 24.4 Å². The fourth-order valence-corrected chi connectivity index (χ4v) is 4.14. The van der Waals surface area contributed by atoms with E-state index in [0.29, 0.717) is 12.0 Å². The van der Waals surface area contributed by atoms with Crippen molar-refractivity contribution in [3.8, 4) is 5.75 Å². The normalized spacial score (nSPS) is 32.3. The minimum absolute atomic E-state index is 0.0689. The van der Waals surface area contributed by atoms with E-state index in [9.17, 15) is 15.0 Å². The topological polar surface area (TPSA) is 85.2 Å². The molecule has 2 aliphatic heterocycles. The predicted molar refractivity (Wildman–Crippen MR) is 123 cm³/mol. The van der Waals surface area contributed by atoms with Gasteiger partial charge in [-0.2, -0.15) is 0 Å². The summed E-state index contributed by atoms with van der Waals surface area (Å²) in [6.07, 6.45) is 8.41. The third-order valence-electron chi connectivity index (χ3n) is 6.10. The van der Waals surface area contributed by atoms with Gasteiger partial charge in [-0.25, -0.2) is 4.79 Å². The van der Waals surface area contributed by atoms with Crippen molar-refractivity contribution in [1.29, 1.82) is 0 Å². The van der Waals surface area contributed by atoms with Gasteiger partial charge in [0, 0.05) is 5.92 Å². The summed E-state index contributed by atoms with van der Waals surface area (Å²) < 4.78 is 17.7. The molecule has 0 bridgehead atoms. The smallest absolute Gasteiger partial charge is 0.342 e. The summed E-state index contributed by atoms with van der Waals surface area (Å²) >= 11 is 0. The highest BCUT2D eigenvalue weighted by molar-refractivity contribution is 5.96. The molecule has 0 saturated carbocycles. The number of hydrogen-bond donors (Lipinski definition) is 2. The van der Waals surface area contributed by atoms with Crippen molar-refractivity contribution in [2.75, 3.05) is 0 Å². The first-order valence-corrected chi connectivity index (χ1v) is 11.6. The fourth-order valence-electron chi connectivity index (χ4n) is 4.14. The number of aromatic hydroxyl groups is 1. The summed E-state index contributed by atoms with van der Waals surface area (Å²) in [5.41, 5.74) is 1.76. The first kappa shape index (κ1) is 24.5. The molecule has 6 heteroatoms. The van der Waals surface area contributed by atoms with E-state index in [1.807, 2.05) is 45.1 Å². The van der Waals surface area contributed by atoms with Crippen LogP contribution < -0.4 is 0 Å². The zero-order chi connectivity index (χ0) is 23.5. The van der Waals surface area contributed by atoms with Crippen molar-refractivity contribution in [3.05, 3.63) is 47.1 Å². The molecule has 0 aromatic heterocycles. The van der Waals surface area contributed by atoms with Gasteiger partial charge in [-0.05, 0) is 57.2 Å². The number of benzene rings is 1. The van der Waals surface area contributed by atoms with Gasteiger partial charge in [0.1, 0.15) is 29.6 Å². The van der Waals surface area contributed by atoms with Gasteiger partial charge in [0.25, 0.3) is 0 Å². The molecule has 3 rings (SSSR count). The minimum Gasteiger partial charge on any atom is -0.507 e. The highest BCUT2D eigenvalue weighted by Gasteiger charge is 2.43. The molecule has 5 atom stereocenters. The van der Waals surface area contributed by atoms with Crippen molar-refractivity contribution >= 4 is 12.0 Å². The lowest BCUT2D eigenvalue weighted by atomic mass is 9.97. The van der Waals surface area contributed by atoms with E-state index in [4.69, 9.17) is 14.2 Å². The van der Waals surface area contributed by atoms with Crippen molar-refractivity contribution in [2.45, 2.75) is 90.5 Å². The number of ether oxygens (including phenoxy) is 3. The maximum absolute atomic E-state index is 13.0. The molecule has 176 valence electrons. The lowest BCUT2D eigenvalue weighted by Crippen LogP contribution is -2.34. The van der Waals surface area contributed by atoms with Crippen LogP contribution in [0.15, 0.2) is 30.4 Å². The van der Waals surface area contributed by atoms with Crippen LogP contribution in [0, 0.1) is 5.92 Å². The van der Waals surface area contributed by atoms with Crippen LogP contribution in [-0.2, 0) is 20.6 Å². The van der Waals surface area contributed by atoms with Gasteiger partial charge in [0.05, 0.1) is 6.10 Å². The number of rotatable bonds is 3. The van der Waals surface area contributed by atoms with Gasteiger partial charge in [-0.15, -0.1) is 0 Å². The second kappa shape index (κ2) is 10.2. The molecular weight excluding hydrogens is 408 g/mol. The summed E-state index contributed by atoms with van der Waals surface area (Å²) in [6.45, 7) is 9.49. The summed E-state index contributed by atoms with van der Waals surface area (Å²) in [4.78, 5) is 13.0. The largest absolute Gasteiger partial charge is 0.507 e. The summed E-state index contributed by atoms with van der Waals surface area (Å²) in [6, 6.07) is 3.59. The van der Waals surface area contributed by atoms with E-state index >= 15 is 0 Å². The molecule has 1 fully saturated rings. The molecular formula is C26H36O6. The third-order valence-corrected chi connectivity index (χ3v) is 6.10. The first-order chi connectivity index (χ1) is 15.1. The zero-order valence-corrected chi connectivity index (χ0v) is 19.7. The Morgan fingerprint density at radius 3 is 2.62 bits per heavy atom. The van der Waals surface area contributed by atoms with Crippen LogP contribution in [0.5, 0.6) is 5.75 Å². The predicted octanol–water partition coefficient (Wildman–Crippen LogP) is 4.77. The maximum Gasteiger partial charge on any atom is 0.342 e. The quantitative estimate of drug-likeness (QED) is 0.516. The van der Waals surface area contributed by atoms with Crippen molar-refractivity contribution < 1.29 is 29.2 Å². The number of aliphatic hydroxyl groups is 1. The Bertz CT molecular complexity index is 871. The zero-order valence-electron chi connectivity index (χ0n) is 19.7. The van der Waals surface area contributed by atoms with E-state index in [2.05, 4.69) is 6.92 Å². The standard InChI is InChI=1S/C26H36O6/c1-6-7-9-18-14-19-10-8-11-22-24(32-26(4,5)31-22)20(27)13-12-16(2)17(3)30-25(29)23(19)21(28)15-18/h8,10,12-17,20,22,24,27-28H,6-7,9,11H2,1-5H3/b10-8+,13-12-/t16-,17+,20?,22+,24-/m1/s1. The number of carbonyl (C=O) groups excluding carboxylic acids is 1. The molecule has 32 heavy (non-hydrogen) atoms. The minimum atomic E-state index is -0.847. The van der Waals surface area contributed by atoms with Crippen molar-refractivity contribution in [1.82, 2.24) is 0 Å². The molecule has 2 aliphatic rings. The van der Waals surface area contributed by atoms with E-state index in [1.165, 1.54) is 0 Å². The molecule has 2 heterocycles. The lowest BCUT2D eigenvalue weighted by molar-refractivity contribution is -0.152. The average molecular weight is 445 g/mol. The Morgan fingerprint density at radius 2 is 1.91 bits per heavy atom. The van der Waals surface area contributed by atoms with Gasteiger partial charge in [0.2, 0.25) is 0 Å². The number of esters is 1. The second-order valence-electron chi connectivity index (χ2n) is 9.30. The molecule has 1 saturated heterocycles. The lowest BCUT2D eigenvalue weighted by Gasteiger charge is -2.22. The number of hydrogen-bond acceptors (Lipinski definition) is 6. The van der Waals surface area contributed by atoms with Crippen LogP contribution in [0.4, 0.5) is 0 Å². The Kier molecular flexibility index (Phi) is 7.80. The van der Waals surface area contributed by atoms with Crippen LogP contribution in [0.25, 0.3) is 6.08 Å². The number of aliphatic hydroxyl groups excluding tert-OH is 1. The highest BCUT2D eigenvalue weighted by atomic mass is 16.8. The third kappa shape index (κ3) is 5.80. The van der Waals surface area contributed by atoms with Crippen LogP contribution in [0.1, 0.15) is 75.4 Å². The SMILES string of the molecule is CCCCc1cc(O)c2c(c1)/C=C/C[C@@H]1OC(C)(C)O[C@@H]1C(O)/C=C\[C@@H](C)[C@H](C)OC2=O. The monoisotopic (exact) mass is 444 g/mol. The molecule has 2 N–H and O–H groups in total. The maximum atomic E-state index is 13.0. The second-order valence-corrected chi connectivity index (χ2v) is 9.30. The molecule has 0 spiro atoms. The Morgan fingerprint density at radius 1 is 1.16 bits per heavy atom. The number of unbranched alkanes of at least 4 members (excludes halogenated alkanes) is 1. The fraction of sp³-hybridized carbons (Fsp3) is 0.577. The Hall–Kier alpha value is -2.15. The Balaban J connectivity index is 2.01. The van der Waals surface area contributed by atoms with Gasteiger partial charge in [0.15, 0.2) is 5.79 Å². The van der Waals surface area contributed by atoms with Crippen LogP contribution in [-0.4, -0.2) is 46.4 Å². The number of phenolic OH excluding ortho intramolecular Hbond substituents is 1. The summed E-state index contributed by atoms with van der Waals surface area (Å²) in [5.74, 6) is -1.57. The van der Waals surface area contributed by atoms with E-state index in [-0.39, 0.29) is 23.3 Å². The van der Waals surface area contributed by atoms with Crippen molar-refractivity contribution in [3.63, 3.8) is 0 Å². The molecule has 1 unspecified atom stereocenters. The van der Waals surface area contributed by atoms with E-state index in [0.717, 1.165) is 24.8 Å². The van der Waals surface area contributed by atoms with Gasteiger partial charge >= 0.3 is 5.97 Å². The number of cyclic esters (lactones) is 1. The number of phenols is 1. The van der Waals surface area contributed by atoms with Gasteiger partial charge in [-0.1, -0.05) is 50.6 Å². The number of carbonyl (C=O) groups is 1. The van der Waals surface area contributed by atoms with Crippen LogP contribution in [0.3, 0.4) is 0 Å². The molecule has 1 aromatic rings. The molecule has 0 radical (unpaired) electrons. The Labute approximate surface area is 190 Å². The first-order valence-electron chi connectivity index (χ1n) is 11.6. The molecule has 0 amide bonds. The van der Waals surface area contributed by atoms with Gasteiger partial charge in [-0.3, -0.25) is 0 Å². The van der Waals surface area contributed by atoms with Crippen LogP contribution >= 0.6 is 0 Å². The molecule has 0 aliphatic carbocycles. The number of fused-ring (bicyclic) bond motifs is 2. The van der Waals surface area contributed by atoms with Crippen LogP contribution in [0.2, 0.25) is 0 Å². The van der Waals surface area contributed by atoms with E-state index in [1.54, 1.807) is 19.1 Å². The molecule has 6 nitrogen and oxygen atoms in total. The molecule has 1 aromatic carbocycles. The average Bonchev–Trinajstić information content (AvgIpc) is 3.03. The summed E-state index contributed by atoms with van der Waals surface area (Å²) in [5, 5.41) is 21.4. The van der Waals surface area contributed by atoms with Crippen molar-refractivity contribution in [2.24, 2.45) is 5.92 Å². The van der Waals surface area contributed by atoms with E-state index < -0.39 is 30.1 Å². The summed E-state index contributed by atoms with van der Waals surface area (Å²) in [7, 11) is 0.